The van der Waals surface area contributed by atoms with Crippen molar-refractivity contribution in [2.75, 3.05) is 17.4 Å². The summed E-state index contributed by atoms with van der Waals surface area (Å²) in [5.41, 5.74) is 2.15. The minimum Gasteiger partial charge on any atom is -0.351 e. The van der Waals surface area contributed by atoms with Gasteiger partial charge in [-0.25, -0.2) is 10.8 Å². The second kappa shape index (κ2) is 5.58. The zero-order valence-corrected chi connectivity index (χ0v) is 10.9. The maximum atomic E-state index is 11.0. The highest BCUT2D eigenvalue weighted by Gasteiger charge is 2.24. The van der Waals surface area contributed by atoms with Gasteiger partial charge in [0.05, 0.1) is 4.92 Å². The van der Waals surface area contributed by atoms with Gasteiger partial charge in [-0.1, -0.05) is 13.8 Å². The number of aromatic nitrogens is 2. The van der Waals surface area contributed by atoms with Gasteiger partial charge in [-0.3, -0.25) is 15.5 Å². The molecule has 0 amide bonds. The summed E-state index contributed by atoms with van der Waals surface area (Å²) >= 11 is 0. The Bertz CT molecular complexity index is 436. The lowest BCUT2D eigenvalue weighted by Crippen LogP contribution is -2.34. The predicted molar refractivity (Wildman–Crippen MR) is 69.2 cm³/mol. The minimum absolute atomic E-state index is 0.101. The van der Waals surface area contributed by atoms with Gasteiger partial charge < -0.3 is 4.90 Å². The van der Waals surface area contributed by atoms with Crippen LogP contribution in [0.5, 0.6) is 0 Å². The molecule has 0 fully saturated rings. The topological polar surface area (TPSA) is 110 Å². The van der Waals surface area contributed by atoms with Crippen molar-refractivity contribution in [1.29, 1.82) is 0 Å². The molecule has 8 heteroatoms. The molecule has 1 aromatic rings. The summed E-state index contributed by atoms with van der Waals surface area (Å²) < 4.78 is 0. The van der Waals surface area contributed by atoms with Crippen molar-refractivity contribution >= 4 is 17.5 Å². The van der Waals surface area contributed by atoms with Gasteiger partial charge in [0.2, 0.25) is 11.8 Å². The van der Waals surface area contributed by atoms with Gasteiger partial charge in [0.1, 0.15) is 6.20 Å². The Labute approximate surface area is 105 Å². The van der Waals surface area contributed by atoms with Crippen molar-refractivity contribution in [2.24, 2.45) is 11.8 Å². The van der Waals surface area contributed by atoms with Crippen LogP contribution in [0.1, 0.15) is 20.8 Å². The van der Waals surface area contributed by atoms with E-state index in [0.717, 1.165) is 6.20 Å². The van der Waals surface area contributed by atoms with Crippen molar-refractivity contribution in [2.45, 2.75) is 26.8 Å². The number of hydrazine groups is 1. The molecule has 0 aliphatic rings. The third-order valence-electron chi connectivity index (χ3n) is 2.99. The highest BCUT2D eigenvalue weighted by atomic mass is 16.6. The Morgan fingerprint density at radius 2 is 2.11 bits per heavy atom. The first-order valence-corrected chi connectivity index (χ1v) is 5.59. The number of hydrogen-bond donors (Lipinski definition) is 2. The summed E-state index contributed by atoms with van der Waals surface area (Å²) in [6, 6.07) is 0.101. The monoisotopic (exact) mass is 254 g/mol. The fraction of sp³-hybridized carbons (Fsp3) is 0.600. The molecule has 100 valence electrons. The van der Waals surface area contributed by atoms with Gasteiger partial charge in [0, 0.05) is 13.1 Å². The highest BCUT2D eigenvalue weighted by Crippen LogP contribution is 2.27. The Balaban J connectivity index is 3.22. The van der Waals surface area contributed by atoms with E-state index in [0.29, 0.717) is 5.92 Å². The molecule has 1 rings (SSSR count). The Kier molecular flexibility index (Phi) is 4.38. The van der Waals surface area contributed by atoms with Crippen LogP contribution >= 0.6 is 0 Å². The van der Waals surface area contributed by atoms with Gasteiger partial charge in [0.25, 0.3) is 0 Å². The molecule has 0 radical (unpaired) electrons. The van der Waals surface area contributed by atoms with Crippen LogP contribution in [-0.2, 0) is 0 Å². The van der Waals surface area contributed by atoms with E-state index in [-0.39, 0.29) is 23.5 Å². The SMILES string of the molecule is CC(C)C(C)N(C)c1nc(NN)ncc1[N+](=O)[O-]. The first-order chi connectivity index (χ1) is 8.38. The van der Waals surface area contributed by atoms with E-state index in [1.54, 1.807) is 11.9 Å². The summed E-state index contributed by atoms with van der Waals surface area (Å²) in [5.74, 6) is 5.95. The van der Waals surface area contributed by atoms with Crippen LogP contribution in [0.15, 0.2) is 6.20 Å². The maximum absolute atomic E-state index is 11.0. The van der Waals surface area contributed by atoms with Crippen LogP contribution in [0, 0.1) is 16.0 Å². The summed E-state index contributed by atoms with van der Waals surface area (Å²) in [7, 11) is 1.76. The maximum Gasteiger partial charge on any atom is 0.329 e. The lowest BCUT2D eigenvalue weighted by atomic mass is 10.1. The number of rotatable bonds is 5. The molecule has 0 bridgehead atoms. The Morgan fingerprint density at radius 1 is 1.50 bits per heavy atom. The molecule has 0 saturated heterocycles. The number of nitrogens with zero attached hydrogens (tertiary/aromatic N) is 4. The lowest BCUT2D eigenvalue weighted by molar-refractivity contribution is -0.384. The van der Waals surface area contributed by atoms with Gasteiger partial charge in [-0.2, -0.15) is 4.98 Å². The quantitative estimate of drug-likeness (QED) is 0.460. The molecule has 8 nitrogen and oxygen atoms in total. The molecule has 0 aromatic carbocycles. The molecular weight excluding hydrogens is 236 g/mol. The number of nitrogens with one attached hydrogen (secondary N) is 1. The molecule has 0 spiro atoms. The van der Waals surface area contributed by atoms with Crippen molar-refractivity contribution in [3.8, 4) is 0 Å². The van der Waals surface area contributed by atoms with Crippen molar-refractivity contribution in [3.63, 3.8) is 0 Å². The van der Waals surface area contributed by atoms with Crippen LogP contribution in [0.3, 0.4) is 0 Å². The lowest BCUT2D eigenvalue weighted by Gasteiger charge is -2.28. The smallest absolute Gasteiger partial charge is 0.329 e. The Morgan fingerprint density at radius 3 is 2.56 bits per heavy atom. The van der Waals surface area contributed by atoms with Crippen molar-refractivity contribution in [3.05, 3.63) is 16.3 Å². The standard InChI is InChI=1S/C10H18N6O2/c1-6(2)7(3)15(4)9-8(16(17)18)5-12-10(13-9)14-11/h5-7H,11H2,1-4H3,(H,12,13,14). The molecule has 0 aliphatic heterocycles. The van der Waals surface area contributed by atoms with Crippen molar-refractivity contribution in [1.82, 2.24) is 9.97 Å². The van der Waals surface area contributed by atoms with E-state index in [1.807, 2.05) is 20.8 Å². The third kappa shape index (κ3) is 2.83. The molecule has 1 atom stereocenters. The normalized spacial score (nSPS) is 12.3. The molecule has 1 aromatic heterocycles. The number of nitrogen functional groups attached to an aromatic ring is 1. The summed E-state index contributed by atoms with van der Waals surface area (Å²) in [6.45, 7) is 6.05. The molecular formula is C10H18N6O2. The van der Waals surface area contributed by atoms with E-state index in [9.17, 15) is 10.1 Å². The largest absolute Gasteiger partial charge is 0.351 e. The van der Waals surface area contributed by atoms with Gasteiger partial charge in [-0.15, -0.1) is 0 Å². The first kappa shape index (κ1) is 14.1. The summed E-state index contributed by atoms with van der Waals surface area (Å²) in [6.07, 6.45) is 1.15. The molecule has 0 aliphatic carbocycles. The van der Waals surface area contributed by atoms with E-state index >= 15 is 0 Å². The van der Waals surface area contributed by atoms with E-state index < -0.39 is 4.92 Å². The van der Waals surface area contributed by atoms with Crippen molar-refractivity contribution < 1.29 is 4.92 Å². The average Bonchev–Trinajstić information content (AvgIpc) is 2.35. The van der Waals surface area contributed by atoms with Crippen LogP contribution < -0.4 is 16.2 Å². The highest BCUT2D eigenvalue weighted by molar-refractivity contribution is 5.58. The molecule has 1 heterocycles. The van der Waals surface area contributed by atoms with Crippen LogP contribution in [0.25, 0.3) is 0 Å². The molecule has 0 saturated carbocycles. The minimum atomic E-state index is -0.501. The van der Waals surface area contributed by atoms with Crippen LogP contribution in [0.2, 0.25) is 0 Å². The fourth-order valence-corrected chi connectivity index (χ4v) is 1.46. The number of nitro groups is 1. The Hall–Kier alpha value is -1.96. The van der Waals surface area contributed by atoms with E-state index in [4.69, 9.17) is 5.84 Å². The molecule has 3 N–H and O–H groups in total. The molecule has 1 unspecified atom stereocenters. The molecule has 18 heavy (non-hydrogen) atoms. The number of nitrogens with two attached hydrogens (primary N) is 1. The summed E-state index contributed by atoms with van der Waals surface area (Å²) in [5, 5.41) is 11.0. The van der Waals surface area contributed by atoms with Gasteiger partial charge >= 0.3 is 5.69 Å². The predicted octanol–water partition coefficient (Wildman–Crippen LogP) is 1.15. The first-order valence-electron chi connectivity index (χ1n) is 5.59. The second-order valence-electron chi connectivity index (χ2n) is 4.40. The number of hydrogen-bond acceptors (Lipinski definition) is 7. The van der Waals surface area contributed by atoms with Gasteiger partial charge in [0.15, 0.2) is 0 Å². The van der Waals surface area contributed by atoms with Crippen LogP contribution in [0.4, 0.5) is 17.5 Å². The van der Waals surface area contributed by atoms with Gasteiger partial charge in [-0.05, 0) is 12.8 Å². The zero-order chi connectivity index (χ0) is 13.9. The zero-order valence-electron chi connectivity index (χ0n) is 10.9. The second-order valence-corrected chi connectivity index (χ2v) is 4.40. The fourth-order valence-electron chi connectivity index (χ4n) is 1.46. The summed E-state index contributed by atoms with van der Waals surface area (Å²) in [4.78, 5) is 20.0. The van der Waals surface area contributed by atoms with E-state index in [2.05, 4.69) is 15.4 Å². The number of anilines is 2. The third-order valence-corrected chi connectivity index (χ3v) is 2.99. The van der Waals surface area contributed by atoms with Crippen LogP contribution in [-0.4, -0.2) is 28.0 Å². The average molecular weight is 254 g/mol. The van der Waals surface area contributed by atoms with E-state index in [1.165, 1.54) is 0 Å².